The van der Waals surface area contributed by atoms with E-state index in [4.69, 9.17) is 4.74 Å². The van der Waals surface area contributed by atoms with Crippen molar-refractivity contribution in [1.82, 2.24) is 15.2 Å². The van der Waals surface area contributed by atoms with Crippen molar-refractivity contribution in [3.63, 3.8) is 0 Å². The summed E-state index contributed by atoms with van der Waals surface area (Å²) >= 11 is 1.51. The highest BCUT2D eigenvalue weighted by atomic mass is 32.2. The van der Waals surface area contributed by atoms with Crippen LogP contribution in [-0.4, -0.2) is 33.4 Å². The maximum absolute atomic E-state index is 11.8. The van der Waals surface area contributed by atoms with Crippen LogP contribution in [0.3, 0.4) is 0 Å². The molecule has 1 aromatic heterocycles. The van der Waals surface area contributed by atoms with E-state index in [1.807, 2.05) is 31.2 Å². The first-order valence-electron chi connectivity index (χ1n) is 7.28. The minimum Gasteiger partial charge on any atom is -0.493 e. The van der Waals surface area contributed by atoms with Crippen molar-refractivity contribution in [1.29, 1.82) is 0 Å². The van der Waals surface area contributed by atoms with Crippen molar-refractivity contribution in [2.45, 2.75) is 31.8 Å². The standard InChI is InChI=1S/C15H20N4O2S/c1-3-11-5-7-12(8-6-11)21-10-9-13(20)16-14-17-15(19-18-14)22-4-2/h5-8H,3-4,9-10H2,1-2H3,(H2,16,17,18,19,20). The van der Waals surface area contributed by atoms with Crippen LogP contribution in [0.15, 0.2) is 29.4 Å². The molecule has 2 rings (SSSR count). The first-order valence-corrected chi connectivity index (χ1v) is 8.26. The molecule has 0 aliphatic heterocycles. The van der Waals surface area contributed by atoms with Crippen molar-refractivity contribution < 1.29 is 9.53 Å². The van der Waals surface area contributed by atoms with Gasteiger partial charge in [0.2, 0.25) is 17.0 Å². The summed E-state index contributed by atoms with van der Waals surface area (Å²) < 4.78 is 5.55. The fraction of sp³-hybridized carbons (Fsp3) is 0.400. The van der Waals surface area contributed by atoms with Crippen LogP contribution < -0.4 is 10.1 Å². The summed E-state index contributed by atoms with van der Waals surface area (Å²) in [6, 6.07) is 7.89. The summed E-state index contributed by atoms with van der Waals surface area (Å²) in [4.78, 5) is 15.9. The molecule has 2 N–H and O–H groups in total. The van der Waals surface area contributed by atoms with E-state index in [9.17, 15) is 4.79 Å². The van der Waals surface area contributed by atoms with Crippen LogP contribution >= 0.6 is 11.8 Å². The number of nitrogens with zero attached hydrogens (tertiary/aromatic N) is 2. The molecule has 1 heterocycles. The highest BCUT2D eigenvalue weighted by Gasteiger charge is 2.07. The second-order valence-electron chi connectivity index (χ2n) is 4.54. The Hall–Kier alpha value is -2.02. The molecular formula is C15H20N4O2S. The van der Waals surface area contributed by atoms with Gasteiger partial charge in [-0.15, -0.1) is 5.10 Å². The van der Waals surface area contributed by atoms with E-state index in [0.29, 0.717) is 17.7 Å². The molecule has 118 valence electrons. The van der Waals surface area contributed by atoms with Gasteiger partial charge in [0.1, 0.15) is 5.75 Å². The van der Waals surface area contributed by atoms with Crippen LogP contribution in [0.4, 0.5) is 5.95 Å². The second-order valence-corrected chi connectivity index (χ2v) is 5.77. The van der Waals surface area contributed by atoms with Gasteiger partial charge >= 0.3 is 0 Å². The zero-order chi connectivity index (χ0) is 15.8. The Kier molecular flexibility index (Phi) is 6.27. The number of thioether (sulfide) groups is 1. The number of anilines is 1. The molecule has 7 heteroatoms. The van der Waals surface area contributed by atoms with Crippen molar-refractivity contribution in [2.24, 2.45) is 0 Å². The number of nitrogens with one attached hydrogen (secondary N) is 2. The van der Waals surface area contributed by atoms with E-state index in [1.54, 1.807) is 0 Å². The van der Waals surface area contributed by atoms with Crippen LogP contribution in [0.5, 0.6) is 5.75 Å². The van der Waals surface area contributed by atoms with E-state index in [-0.39, 0.29) is 12.3 Å². The molecule has 0 spiro atoms. The van der Waals surface area contributed by atoms with Crippen LogP contribution in [0.25, 0.3) is 0 Å². The first-order chi connectivity index (χ1) is 10.7. The van der Waals surface area contributed by atoms with Gasteiger partial charge < -0.3 is 4.74 Å². The van der Waals surface area contributed by atoms with Gasteiger partial charge in [-0.25, -0.2) is 5.10 Å². The molecule has 1 amide bonds. The molecular weight excluding hydrogens is 300 g/mol. The summed E-state index contributed by atoms with van der Waals surface area (Å²) in [6.45, 7) is 4.44. The smallest absolute Gasteiger partial charge is 0.230 e. The van der Waals surface area contributed by atoms with E-state index in [1.165, 1.54) is 17.3 Å². The van der Waals surface area contributed by atoms with Crippen molar-refractivity contribution in [3.05, 3.63) is 29.8 Å². The molecule has 0 aliphatic rings. The molecule has 0 aliphatic carbocycles. The molecule has 0 atom stereocenters. The van der Waals surface area contributed by atoms with Gasteiger partial charge in [-0.2, -0.15) is 4.98 Å². The van der Waals surface area contributed by atoms with Crippen LogP contribution in [-0.2, 0) is 11.2 Å². The van der Waals surface area contributed by atoms with Gasteiger partial charge in [0.05, 0.1) is 13.0 Å². The molecule has 0 saturated heterocycles. The van der Waals surface area contributed by atoms with Gasteiger partial charge in [0.25, 0.3) is 0 Å². The average molecular weight is 320 g/mol. The number of aromatic amines is 1. The lowest BCUT2D eigenvalue weighted by molar-refractivity contribution is -0.116. The third-order valence-corrected chi connectivity index (χ3v) is 3.66. The molecule has 0 fully saturated rings. The summed E-state index contributed by atoms with van der Waals surface area (Å²) in [5.41, 5.74) is 1.26. The monoisotopic (exact) mass is 320 g/mol. The number of hydrogen-bond acceptors (Lipinski definition) is 5. The Morgan fingerprint density at radius 1 is 1.32 bits per heavy atom. The normalized spacial score (nSPS) is 10.5. The lowest BCUT2D eigenvalue weighted by Gasteiger charge is -2.06. The Bertz CT molecular complexity index is 598. The maximum Gasteiger partial charge on any atom is 0.230 e. The van der Waals surface area contributed by atoms with E-state index in [0.717, 1.165) is 17.9 Å². The number of carbonyl (C=O) groups excluding carboxylic acids is 1. The van der Waals surface area contributed by atoms with Gasteiger partial charge in [0.15, 0.2) is 0 Å². The van der Waals surface area contributed by atoms with Crippen molar-refractivity contribution >= 4 is 23.6 Å². The van der Waals surface area contributed by atoms with Crippen molar-refractivity contribution in [2.75, 3.05) is 17.7 Å². The molecule has 6 nitrogen and oxygen atoms in total. The lowest BCUT2D eigenvalue weighted by atomic mass is 10.2. The van der Waals surface area contributed by atoms with E-state index < -0.39 is 0 Å². The maximum atomic E-state index is 11.8. The second kappa shape index (κ2) is 8.43. The Morgan fingerprint density at radius 2 is 2.09 bits per heavy atom. The number of aryl methyl sites for hydroxylation is 1. The predicted octanol–water partition coefficient (Wildman–Crippen LogP) is 2.89. The zero-order valence-electron chi connectivity index (χ0n) is 12.8. The average Bonchev–Trinajstić information content (AvgIpc) is 2.95. The highest BCUT2D eigenvalue weighted by molar-refractivity contribution is 7.99. The number of rotatable bonds is 8. The number of carbonyl (C=O) groups is 1. The number of hydrogen-bond donors (Lipinski definition) is 2. The number of amides is 1. The fourth-order valence-electron chi connectivity index (χ4n) is 1.77. The molecule has 2 aromatic rings. The third kappa shape index (κ3) is 5.07. The van der Waals surface area contributed by atoms with E-state index in [2.05, 4.69) is 27.4 Å². The quantitative estimate of drug-likeness (QED) is 0.731. The molecule has 22 heavy (non-hydrogen) atoms. The largest absolute Gasteiger partial charge is 0.493 e. The molecule has 0 saturated carbocycles. The Morgan fingerprint density at radius 3 is 2.77 bits per heavy atom. The SMILES string of the molecule is CCSc1n[nH]c(NC(=O)CCOc2ccc(CC)cc2)n1. The Labute approximate surface area is 134 Å². The molecule has 1 aromatic carbocycles. The van der Waals surface area contributed by atoms with Gasteiger partial charge in [-0.3, -0.25) is 10.1 Å². The zero-order valence-corrected chi connectivity index (χ0v) is 13.6. The van der Waals surface area contributed by atoms with Crippen LogP contribution in [0.2, 0.25) is 0 Å². The molecule has 0 radical (unpaired) electrons. The van der Waals surface area contributed by atoms with Crippen LogP contribution in [0, 0.1) is 0 Å². The predicted molar refractivity (Wildman–Crippen MR) is 87.3 cm³/mol. The fourth-order valence-corrected chi connectivity index (χ4v) is 2.30. The van der Waals surface area contributed by atoms with Crippen molar-refractivity contribution in [3.8, 4) is 5.75 Å². The molecule has 0 bridgehead atoms. The van der Waals surface area contributed by atoms with E-state index >= 15 is 0 Å². The number of ether oxygens (including phenoxy) is 1. The van der Waals surface area contributed by atoms with Gasteiger partial charge in [-0.05, 0) is 29.9 Å². The number of benzene rings is 1. The topological polar surface area (TPSA) is 79.9 Å². The van der Waals surface area contributed by atoms with Gasteiger partial charge in [-0.1, -0.05) is 37.7 Å². The minimum absolute atomic E-state index is 0.158. The minimum atomic E-state index is -0.158. The summed E-state index contributed by atoms with van der Waals surface area (Å²) in [7, 11) is 0. The first kappa shape index (κ1) is 16.4. The highest BCUT2D eigenvalue weighted by Crippen LogP contribution is 2.14. The Balaban J connectivity index is 1.72. The van der Waals surface area contributed by atoms with Gasteiger partial charge in [0, 0.05) is 0 Å². The number of H-pyrrole nitrogens is 1. The van der Waals surface area contributed by atoms with Crippen LogP contribution in [0.1, 0.15) is 25.8 Å². The lowest BCUT2D eigenvalue weighted by Crippen LogP contribution is -2.16. The summed E-state index contributed by atoms with van der Waals surface area (Å²) in [5, 5.41) is 9.97. The molecule has 0 unspecified atom stereocenters. The summed E-state index contributed by atoms with van der Waals surface area (Å²) in [5.74, 6) is 1.87. The third-order valence-electron chi connectivity index (χ3n) is 2.93. The summed E-state index contributed by atoms with van der Waals surface area (Å²) in [6.07, 6.45) is 1.25. The number of aromatic nitrogens is 3.